The molecule has 1 aliphatic heterocycles. The molecule has 150 valence electrons. The molecule has 0 saturated carbocycles. The van der Waals surface area contributed by atoms with Gasteiger partial charge in [-0.3, -0.25) is 9.69 Å². The predicted octanol–water partition coefficient (Wildman–Crippen LogP) is 2.26. The number of benzene rings is 3. The van der Waals surface area contributed by atoms with E-state index in [4.69, 9.17) is 10.5 Å². The summed E-state index contributed by atoms with van der Waals surface area (Å²) in [6.07, 6.45) is -0.693. The quantitative estimate of drug-likeness (QED) is 0.561. The van der Waals surface area contributed by atoms with Gasteiger partial charge in [-0.15, -0.1) is 0 Å². The average molecular weight is 391 g/mol. The molecule has 6 nitrogen and oxygen atoms in total. The average Bonchev–Trinajstić information content (AvgIpc) is 2.72. The number of nitrogen functional groups attached to an aromatic ring is 1. The highest BCUT2D eigenvalue weighted by molar-refractivity contribution is 6.00. The summed E-state index contributed by atoms with van der Waals surface area (Å²) in [6, 6.07) is 19.8. The molecule has 4 N–H and O–H groups in total. The van der Waals surface area contributed by atoms with Crippen LogP contribution in [0.3, 0.4) is 0 Å². The number of nitrogens with two attached hydrogens (primary N) is 1. The minimum Gasteiger partial charge on any atom is -0.490 e. The number of nitrogens with one attached hydrogen (secondary N) is 1. The maximum atomic E-state index is 11.5. The van der Waals surface area contributed by atoms with E-state index in [0.29, 0.717) is 31.1 Å². The molecule has 0 bridgehead atoms. The summed E-state index contributed by atoms with van der Waals surface area (Å²) in [5.41, 5.74) is 8.62. The van der Waals surface area contributed by atoms with Crippen molar-refractivity contribution in [3.05, 3.63) is 60.7 Å². The Hall–Kier alpha value is -3.09. The summed E-state index contributed by atoms with van der Waals surface area (Å²) in [5, 5.41) is 15.4. The maximum absolute atomic E-state index is 11.5. The minimum absolute atomic E-state index is 0.0112. The predicted molar refractivity (Wildman–Crippen MR) is 115 cm³/mol. The number of aliphatic hydroxyl groups is 1. The third-order valence-corrected chi connectivity index (χ3v) is 5.08. The molecule has 0 aromatic heterocycles. The van der Waals surface area contributed by atoms with E-state index in [9.17, 15) is 9.90 Å². The molecule has 1 saturated heterocycles. The first-order valence-electron chi connectivity index (χ1n) is 9.78. The molecule has 1 heterocycles. The highest BCUT2D eigenvalue weighted by atomic mass is 16.5. The number of fused-ring (bicyclic) bond motifs is 1. The first kappa shape index (κ1) is 19.2. The van der Waals surface area contributed by atoms with Crippen LogP contribution in [0.4, 0.5) is 5.69 Å². The third-order valence-electron chi connectivity index (χ3n) is 5.08. The van der Waals surface area contributed by atoms with Crippen LogP contribution in [0.2, 0.25) is 0 Å². The molecule has 1 aliphatic rings. The number of carbonyl (C=O) groups is 1. The van der Waals surface area contributed by atoms with E-state index in [1.807, 2.05) is 53.4 Å². The van der Waals surface area contributed by atoms with E-state index in [-0.39, 0.29) is 12.5 Å². The van der Waals surface area contributed by atoms with Crippen LogP contribution in [0, 0.1) is 0 Å². The van der Waals surface area contributed by atoms with Gasteiger partial charge in [-0.05, 0) is 34.5 Å². The van der Waals surface area contributed by atoms with Gasteiger partial charge in [0.2, 0.25) is 5.91 Å². The zero-order valence-electron chi connectivity index (χ0n) is 16.2. The molecule has 1 amide bonds. The van der Waals surface area contributed by atoms with Gasteiger partial charge in [-0.2, -0.15) is 0 Å². The number of aliphatic hydroxyl groups excluding tert-OH is 1. The van der Waals surface area contributed by atoms with Crippen molar-refractivity contribution in [2.45, 2.75) is 6.10 Å². The number of nitrogens with zero attached hydrogens (tertiary/aromatic N) is 1. The van der Waals surface area contributed by atoms with Crippen molar-refractivity contribution in [3.8, 4) is 16.9 Å². The number of rotatable bonds is 6. The molecule has 3 aromatic carbocycles. The van der Waals surface area contributed by atoms with Crippen LogP contribution in [0.25, 0.3) is 21.9 Å². The van der Waals surface area contributed by atoms with Gasteiger partial charge >= 0.3 is 0 Å². The van der Waals surface area contributed by atoms with Gasteiger partial charge in [0.05, 0.1) is 6.54 Å². The zero-order chi connectivity index (χ0) is 20.2. The third kappa shape index (κ3) is 4.50. The van der Waals surface area contributed by atoms with Crippen molar-refractivity contribution in [1.29, 1.82) is 0 Å². The second-order valence-electron chi connectivity index (χ2n) is 7.34. The molecular formula is C23H25N3O3. The van der Waals surface area contributed by atoms with Crippen LogP contribution >= 0.6 is 0 Å². The number of amides is 1. The first-order chi connectivity index (χ1) is 14.1. The Balaban J connectivity index is 1.57. The Morgan fingerprint density at radius 3 is 2.83 bits per heavy atom. The molecule has 29 heavy (non-hydrogen) atoms. The highest BCUT2D eigenvalue weighted by Crippen LogP contribution is 2.37. The van der Waals surface area contributed by atoms with Crippen LogP contribution in [0.5, 0.6) is 5.75 Å². The number of hydrogen-bond donors (Lipinski definition) is 3. The fraction of sp³-hybridized carbons (Fsp3) is 0.261. The molecule has 1 fully saturated rings. The fourth-order valence-corrected chi connectivity index (χ4v) is 3.75. The number of ether oxygens (including phenoxy) is 1. The van der Waals surface area contributed by atoms with Gasteiger partial charge in [-0.1, -0.05) is 42.5 Å². The molecule has 1 unspecified atom stereocenters. The first-order valence-corrected chi connectivity index (χ1v) is 9.78. The monoisotopic (exact) mass is 391 g/mol. The van der Waals surface area contributed by atoms with Gasteiger partial charge < -0.3 is 20.9 Å². The van der Waals surface area contributed by atoms with Crippen LogP contribution in [0.15, 0.2) is 60.7 Å². The number of hydrogen-bond acceptors (Lipinski definition) is 5. The molecule has 6 heteroatoms. The Kier molecular flexibility index (Phi) is 5.64. The molecule has 0 aliphatic carbocycles. The van der Waals surface area contributed by atoms with E-state index in [1.165, 1.54) is 0 Å². The normalized spacial score (nSPS) is 15.8. The van der Waals surface area contributed by atoms with Gasteiger partial charge in [0.1, 0.15) is 18.5 Å². The number of carbonyl (C=O) groups excluding carboxylic acids is 1. The molecule has 0 radical (unpaired) electrons. The number of β-amino-alcohol motifs (C(OH)–C–C–N with tert-alkyl or cyclic N) is 1. The smallest absolute Gasteiger partial charge is 0.234 e. The van der Waals surface area contributed by atoms with Gasteiger partial charge in [-0.25, -0.2) is 0 Å². The molecule has 1 atom stereocenters. The SMILES string of the molecule is Nc1cccc(-c2c(OCC(O)CN3CCNC(=O)C3)ccc3ccccc23)c1. The van der Waals surface area contributed by atoms with Crippen molar-refractivity contribution < 1.29 is 14.6 Å². The second kappa shape index (κ2) is 8.51. The molecule has 3 aromatic rings. The van der Waals surface area contributed by atoms with Crippen LogP contribution in [-0.4, -0.2) is 54.8 Å². The van der Waals surface area contributed by atoms with Crippen molar-refractivity contribution in [3.63, 3.8) is 0 Å². The van der Waals surface area contributed by atoms with Crippen molar-refractivity contribution in [2.24, 2.45) is 0 Å². The Morgan fingerprint density at radius 2 is 2.00 bits per heavy atom. The van der Waals surface area contributed by atoms with E-state index < -0.39 is 6.10 Å². The fourth-order valence-electron chi connectivity index (χ4n) is 3.75. The standard InChI is InChI=1S/C23H25N3O3/c24-18-6-3-5-17(12-18)23-20-7-2-1-4-16(20)8-9-21(23)29-15-19(27)13-26-11-10-25-22(28)14-26/h1-9,12,19,27H,10-11,13-15,24H2,(H,25,28). The summed E-state index contributed by atoms with van der Waals surface area (Å²) in [5.74, 6) is 0.688. The summed E-state index contributed by atoms with van der Waals surface area (Å²) in [4.78, 5) is 13.4. The lowest BCUT2D eigenvalue weighted by Crippen LogP contribution is -2.50. The Bertz CT molecular complexity index is 1020. The lowest BCUT2D eigenvalue weighted by atomic mass is 9.97. The summed E-state index contributed by atoms with van der Waals surface area (Å²) < 4.78 is 6.05. The van der Waals surface area contributed by atoms with Crippen LogP contribution in [0.1, 0.15) is 0 Å². The van der Waals surface area contributed by atoms with Crippen LogP contribution < -0.4 is 15.8 Å². The van der Waals surface area contributed by atoms with E-state index in [0.717, 1.165) is 28.4 Å². The van der Waals surface area contributed by atoms with Crippen molar-refractivity contribution >= 4 is 22.4 Å². The van der Waals surface area contributed by atoms with Gasteiger partial charge in [0, 0.05) is 30.9 Å². The highest BCUT2D eigenvalue weighted by Gasteiger charge is 2.20. The lowest BCUT2D eigenvalue weighted by molar-refractivity contribution is -0.124. The Labute approximate surface area is 169 Å². The van der Waals surface area contributed by atoms with Crippen molar-refractivity contribution in [2.75, 3.05) is 38.5 Å². The van der Waals surface area contributed by atoms with Gasteiger partial charge in [0.15, 0.2) is 0 Å². The molecule has 4 rings (SSSR count). The van der Waals surface area contributed by atoms with E-state index in [1.54, 1.807) is 0 Å². The summed E-state index contributed by atoms with van der Waals surface area (Å²) in [6.45, 7) is 2.19. The van der Waals surface area contributed by atoms with E-state index >= 15 is 0 Å². The maximum Gasteiger partial charge on any atom is 0.234 e. The lowest BCUT2D eigenvalue weighted by Gasteiger charge is -2.28. The topological polar surface area (TPSA) is 87.8 Å². The van der Waals surface area contributed by atoms with Crippen LogP contribution in [-0.2, 0) is 4.79 Å². The van der Waals surface area contributed by atoms with Gasteiger partial charge in [0.25, 0.3) is 0 Å². The minimum atomic E-state index is -0.693. The molecule has 0 spiro atoms. The summed E-state index contributed by atoms with van der Waals surface area (Å²) >= 11 is 0. The number of anilines is 1. The number of piperazine rings is 1. The molecular weight excluding hydrogens is 366 g/mol. The summed E-state index contributed by atoms with van der Waals surface area (Å²) in [7, 11) is 0. The van der Waals surface area contributed by atoms with E-state index in [2.05, 4.69) is 17.4 Å². The largest absolute Gasteiger partial charge is 0.490 e. The second-order valence-corrected chi connectivity index (χ2v) is 7.34. The Morgan fingerprint density at radius 1 is 1.14 bits per heavy atom. The zero-order valence-corrected chi connectivity index (χ0v) is 16.2. The van der Waals surface area contributed by atoms with Crippen molar-refractivity contribution in [1.82, 2.24) is 10.2 Å².